The highest BCUT2D eigenvalue weighted by atomic mass is 16.5. The van der Waals surface area contributed by atoms with E-state index in [1.54, 1.807) is 12.1 Å². The number of nitriles is 1. The lowest BCUT2D eigenvalue weighted by Crippen LogP contribution is -2.01. The summed E-state index contributed by atoms with van der Waals surface area (Å²) in [6, 6.07) is 13.1. The van der Waals surface area contributed by atoms with Gasteiger partial charge in [-0.3, -0.25) is 4.98 Å². The Hall–Kier alpha value is -2.38. The van der Waals surface area contributed by atoms with E-state index in [1.165, 1.54) is 6.20 Å². The molecule has 2 aromatic rings. The third-order valence-electron chi connectivity index (χ3n) is 3.66. The van der Waals surface area contributed by atoms with Crippen molar-refractivity contribution < 1.29 is 9.84 Å². The number of unbranched alkanes of at least 4 members (excludes halogenated alkanes) is 2. The number of aromatic nitrogens is 1. The molecule has 1 unspecified atom stereocenters. The zero-order valence-corrected chi connectivity index (χ0v) is 13.4. The molecule has 0 aliphatic heterocycles. The molecule has 4 nitrogen and oxygen atoms in total. The molecule has 1 N–H and O–H groups in total. The highest BCUT2D eigenvalue weighted by Crippen LogP contribution is 2.24. The Kier molecular flexibility index (Phi) is 6.58. The van der Waals surface area contributed by atoms with E-state index >= 15 is 0 Å². The quantitative estimate of drug-likeness (QED) is 0.744. The second-order valence-electron chi connectivity index (χ2n) is 5.52. The van der Waals surface area contributed by atoms with Crippen LogP contribution in [0.25, 0.3) is 0 Å². The first-order chi connectivity index (χ1) is 11.2. The molecule has 2 rings (SSSR count). The van der Waals surface area contributed by atoms with Gasteiger partial charge in [0.05, 0.1) is 17.4 Å². The maximum Gasteiger partial charge on any atom is 0.130 e. The van der Waals surface area contributed by atoms with Crippen LogP contribution < -0.4 is 4.74 Å². The third kappa shape index (κ3) is 5.39. The zero-order chi connectivity index (χ0) is 16.5. The van der Waals surface area contributed by atoms with E-state index < -0.39 is 6.10 Å². The molecule has 120 valence electrons. The van der Waals surface area contributed by atoms with E-state index in [2.05, 4.69) is 11.9 Å². The van der Waals surface area contributed by atoms with Gasteiger partial charge >= 0.3 is 0 Å². The largest absolute Gasteiger partial charge is 0.487 e. The van der Waals surface area contributed by atoms with E-state index in [0.29, 0.717) is 17.9 Å². The summed E-state index contributed by atoms with van der Waals surface area (Å²) in [5.74, 6) is 0.711. The van der Waals surface area contributed by atoms with Crippen molar-refractivity contribution in [1.29, 1.82) is 5.26 Å². The fourth-order valence-electron chi connectivity index (χ4n) is 2.30. The molecule has 1 heterocycles. The lowest BCUT2D eigenvalue weighted by Gasteiger charge is -2.12. The van der Waals surface area contributed by atoms with Crippen LogP contribution in [0.4, 0.5) is 0 Å². The topological polar surface area (TPSA) is 66.1 Å². The standard InChI is InChI=1S/C19H22N2O2/c1-2-3-4-8-19(22)16-6-5-7-18(11-16)23-14-17-10-9-15(12-20)13-21-17/h5-7,9-11,13,19,22H,2-4,8,14H2,1H3. The van der Waals surface area contributed by atoms with Crippen LogP contribution in [0.5, 0.6) is 5.75 Å². The number of hydrogen-bond acceptors (Lipinski definition) is 4. The molecule has 0 amide bonds. The Morgan fingerprint density at radius 2 is 2.13 bits per heavy atom. The van der Waals surface area contributed by atoms with E-state index in [0.717, 1.165) is 36.9 Å². The minimum absolute atomic E-state index is 0.334. The molecular formula is C19H22N2O2. The van der Waals surface area contributed by atoms with Gasteiger partial charge in [-0.25, -0.2) is 0 Å². The van der Waals surface area contributed by atoms with Crippen molar-refractivity contribution in [2.24, 2.45) is 0 Å². The summed E-state index contributed by atoms with van der Waals surface area (Å²) in [6.45, 7) is 2.49. The summed E-state index contributed by atoms with van der Waals surface area (Å²) < 4.78 is 5.73. The van der Waals surface area contributed by atoms with E-state index in [9.17, 15) is 5.11 Å². The lowest BCUT2D eigenvalue weighted by molar-refractivity contribution is 0.163. The van der Waals surface area contributed by atoms with Gasteiger partial charge in [0.1, 0.15) is 18.4 Å². The second kappa shape index (κ2) is 8.92. The van der Waals surface area contributed by atoms with Crippen LogP contribution >= 0.6 is 0 Å². The highest BCUT2D eigenvalue weighted by molar-refractivity contribution is 5.30. The Balaban J connectivity index is 1.92. The molecule has 23 heavy (non-hydrogen) atoms. The summed E-state index contributed by atoms with van der Waals surface area (Å²) in [4.78, 5) is 4.18. The molecule has 1 atom stereocenters. The number of rotatable bonds is 8. The van der Waals surface area contributed by atoms with Gasteiger partial charge in [-0.15, -0.1) is 0 Å². The van der Waals surface area contributed by atoms with Crippen LogP contribution in [0.1, 0.15) is 55.5 Å². The first kappa shape index (κ1) is 17.0. The van der Waals surface area contributed by atoms with Crippen molar-refractivity contribution in [2.75, 3.05) is 0 Å². The number of ether oxygens (including phenoxy) is 1. The molecule has 1 aromatic carbocycles. The monoisotopic (exact) mass is 310 g/mol. The second-order valence-corrected chi connectivity index (χ2v) is 5.52. The average molecular weight is 310 g/mol. The normalized spacial score (nSPS) is 11.7. The number of aliphatic hydroxyl groups excluding tert-OH is 1. The molecule has 0 spiro atoms. The van der Waals surface area contributed by atoms with Crippen molar-refractivity contribution in [3.05, 3.63) is 59.4 Å². The van der Waals surface area contributed by atoms with Crippen LogP contribution in [0.15, 0.2) is 42.6 Å². The van der Waals surface area contributed by atoms with Gasteiger partial charge in [0.25, 0.3) is 0 Å². The van der Waals surface area contributed by atoms with Gasteiger partial charge in [-0.1, -0.05) is 38.3 Å². The summed E-state index contributed by atoms with van der Waals surface area (Å²) in [7, 11) is 0. The Labute approximate surface area is 137 Å². The van der Waals surface area contributed by atoms with Crippen LogP contribution in [0.2, 0.25) is 0 Å². The third-order valence-corrected chi connectivity index (χ3v) is 3.66. The van der Waals surface area contributed by atoms with Crippen LogP contribution in [-0.4, -0.2) is 10.1 Å². The van der Waals surface area contributed by atoms with Crippen LogP contribution in [0, 0.1) is 11.3 Å². The van der Waals surface area contributed by atoms with Crippen LogP contribution in [0.3, 0.4) is 0 Å². The summed E-state index contributed by atoms with van der Waals surface area (Å²) in [6.07, 6.45) is 5.17. The molecule has 4 heteroatoms. The van der Waals surface area contributed by atoms with Gasteiger partial charge in [0.2, 0.25) is 0 Å². The van der Waals surface area contributed by atoms with E-state index in [1.807, 2.05) is 30.3 Å². The SMILES string of the molecule is CCCCCC(O)c1cccc(OCc2ccc(C#N)cn2)c1. The van der Waals surface area contributed by atoms with Crippen molar-refractivity contribution in [2.45, 2.75) is 45.3 Å². The molecule has 0 bridgehead atoms. The minimum atomic E-state index is -0.446. The number of benzene rings is 1. The Morgan fingerprint density at radius 1 is 1.26 bits per heavy atom. The van der Waals surface area contributed by atoms with Gasteiger partial charge in [0.15, 0.2) is 0 Å². The first-order valence-electron chi connectivity index (χ1n) is 7.98. The molecule has 0 aliphatic rings. The van der Waals surface area contributed by atoms with Crippen molar-refractivity contribution in [3.8, 4) is 11.8 Å². The fraction of sp³-hybridized carbons (Fsp3) is 0.368. The number of pyridine rings is 1. The lowest BCUT2D eigenvalue weighted by atomic mass is 10.0. The van der Waals surface area contributed by atoms with Crippen molar-refractivity contribution in [3.63, 3.8) is 0 Å². The predicted molar refractivity (Wildman–Crippen MR) is 88.8 cm³/mol. The van der Waals surface area contributed by atoms with Crippen LogP contribution in [-0.2, 0) is 6.61 Å². The number of hydrogen-bond donors (Lipinski definition) is 1. The zero-order valence-electron chi connectivity index (χ0n) is 13.4. The minimum Gasteiger partial charge on any atom is -0.487 e. The van der Waals surface area contributed by atoms with Gasteiger partial charge in [-0.05, 0) is 36.2 Å². The number of nitrogens with zero attached hydrogens (tertiary/aromatic N) is 2. The molecule has 0 saturated carbocycles. The molecule has 0 aliphatic carbocycles. The van der Waals surface area contributed by atoms with Gasteiger partial charge < -0.3 is 9.84 Å². The molecule has 0 fully saturated rings. The molecule has 0 saturated heterocycles. The van der Waals surface area contributed by atoms with Crippen molar-refractivity contribution in [1.82, 2.24) is 4.98 Å². The maximum absolute atomic E-state index is 10.2. The highest BCUT2D eigenvalue weighted by Gasteiger charge is 2.08. The van der Waals surface area contributed by atoms with Crippen molar-refractivity contribution >= 4 is 0 Å². The average Bonchev–Trinajstić information content (AvgIpc) is 2.61. The fourth-order valence-corrected chi connectivity index (χ4v) is 2.30. The molecule has 0 radical (unpaired) electrons. The smallest absolute Gasteiger partial charge is 0.130 e. The molecular weight excluding hydrogens is 288 g/mol. The maximum atomic E-state index is 10.2. The summed E-state index contributed by atoms with van der Waals surface area (Å²) in [5.41, 5.74) is 2.18. The Bertz CT molecular complexity index is 647. The van der Waals surface area contributed by atoms with Gasteiger partial charge in [-0.2, -0.15) is 5.26 Å². The van der Waals surface area contributed by atoms with E-state index in [-0.39, 0.29) is 0 Å². The summed E-state index contributed by atoms with van der Waals surface area (Å²) in [5, 5.41) is 19.0. The summed E-state index contributed by atoms with van der Waals surface area (Å²) >= 11 is 0. The number of aliphatic hydroxyl groups is 1. The van der Waals surface area contributed by atoms with E-state index in [4.69, 9.17) is 10.00 Å². The van der Waals surface area contributed by atoms with Gasteiger partial charge in [0, 0.05) is 6.20 Å². The predicted octanol–water partition coefficient (Wildman–Crippen LogP) is 4.15. The first-order valence-corrected chi connectivity index (χ1v) is 7.98. The molecule has 1 aromatic heterocycles. The Morgan fingerprint density at radius 3 is 2.83 bits per heavy atom.